The lowest BCUT2D eigenvalue weighted by atomic mass is 10.1. The van der Waals surface area contributed by atoms with Crippen LogP contribution >= 0.6 is 0 Å². The number of carbonyl (C=O) groups is 1. The summed E-state index contributed by atoms with van der Waals surface area (Å²) in [5.74, 6) is -0.0351. The fourth-order valence-corrected chi connectivity index (χ4v) is 3.40. The quantitative estimate of drug-likeness (QED) is 0.584. The van der Waals surface area contributed by atoms with E-state index in [1.807, 2.05) is 84.7 Å². The Morgan fingerprint density at radius 3 is 2.61 bits per heavy atom. The number of pyridine rings is 1. The van der Waals surface area contributed by atoms with Gasteiger partial charge in [0.1, 0.15) is 5.65 Å². The van der Waals surface area contributed by atoms with Crippen LogP contribution in [0.5, 0.6) is 0 Å². The molecule has 1 amide bonds. The van der Waals surface area contributed by atoms with Crippen molar-refractivity contribution in [3.63, 3.8) is 0 Å². The Balaban J connectivity index is 1.45. The average molecular weight is 373 g/mol. The van der Waals surface area contributed by atoms with Crippen molar-refractivity contribution in [2.24, 2.45) is 0 Å². The highest BCUT2D eigenvalue weighted by Gasteiger charge is 2.16. The number of nitrogens with zero attached hydrogens (tertiary/aromatic N) is 4. The van der Waals surface area contributed by atoms with E-state index in [4.69, 9.17) is 0 Å². The highest BCUT2D eigenvalue weighted by Crippen LogP contribution is 2.18. The Kier molecular flexibility index (Phi) is 4.69. The van der Waals surface area contributed by atoms with Crippen LogP contribution in [0.1, 0.15) is 28.2 Å². The van der Waals surface area contributed by atoms with Crippen molar-refractivity contribution >= 4 is 11.6 Å². The molecule has 0 aliphatic heterocycles. The van der Waals surface area contributed by atoms with Crippen LogP contribution in [0.2, 0.25) is 0 Å². The monoisotopic (exact) mass is 373 g/mol. The van der Waals surface area contributed by atoms with Crippen LogP contribution < -0.4 is 5.32 Å². The molecule has 3 heterocycles. The summed E-state index contributed by atoms with van der Waals surface area (Å²) >= 11 is 0. The maximum absolute atomic E-state index is 12.5. The third kappa shape index (κ3) is 3.53. The number of benzene rings is 1. The van der Waals surface area contributed by atoms with Crippen molar-refractivity contribution in [3.05, 3.63) is 83.1 Å². The molecule has 0 aliphatic rings. The molecule has 4 rings (SSSR count). The van der Waals surface area contributed by atoms with E-state index in [1.54, 1.807) is 0 Å². The number of para-hydroxylation sites is 1. The average Bonchev–Trinajstić information content (AvgIpc) is 3.22. The van der Waals surface area contributed by atoms with Crippen molar-refractivity contribution in [1.29, 1.82) is 0 Å². The Bertz CT molecular complexity index is 1140. The Hall–Kier alpha value is -3.41. The van der Waals surface area contributed by atoms with E-state index >= 15 is 0 Å². The summed E-state index contributed by atoms with van der Waals surface area (Å²) in [7, 11) is 0. The zero-order valence-corrected chi connectivity index (χ0v) is 16.3. The largest absolute Gasteiger partial charge is 0.350 e. The van der Waals surface area contributed by atoms with Gasteiger partial charge in [-0.2, -0.15) is 5.10 Å². The maximum Gasteiger partial charge on any atom is 0.224 e. The second-order valence-corrected chi connectivity index (χ2v) is 7.05. The molecule has 28 heavy (non-hydrogen) atoms. The Morgan fingerprint density at radius 2 is 1.82 bits per heavy atom. The van der Waals surface area contributed by atoms with E-state index in [0.29, 0.717) is 13.0 Å². The van der Waals surface area contributed by atoms with E-state index in [1.165, 1.54) is 5.56 Å². The molecule has 0 bridgehead atoms. The molecule has 142 valence electrons. The third-order valence-electron chi connectivity index (χ3n) is 4.89. The first-order chi connectivity index (χ1) is 13.5. The minimum absolute atomic E-state index is 0.0351. The summed E-state index contributed by atoms with van der Waals surface area (Å²) < 4.78 is 3.87. The molecule has 0 aliphatic carbocycles. The van der Waals surface area contributed by atoms with Crippen molar-refractivity contribution in [1.82, 2.24) is 24.5 Å². The maximum atomic E-state index is 12.5. The van der Waals surface area contributed by atoms with Gasteiger partial charge in [0.2, 0.25) is 5.91 Å². The first kappa shape index (κ1) is 18.0. The lowest BCUT2D eigenvalue weighted by Crippen LogP contribution is -2.25. The van der Waals surface area contributed by atoms with E-state index < -0.39 is 0 Å². The molecule has 1 aromatic carbocycles. The summed E-state index contributed by atoms with van der Waals surface area (Å²) in [6.07, 6.45) is 4.28. The molecule has 6 nitrogen and oxygen atoms in total. The standard InChI is InChI=1S/C22H23N5O/c1-15-9-10-21-24-18(14-26(21)13-15)12-23-22(28)11-20-16(2)25-27(17(20)3)19-7-5-4-6-8-19/h4-10,13-14H,11-12H2,1-3H3,(H,23,28). The summed E-state index contributed by atoms with van der Waals surface area (Å²) in [6, 6.07) is 14.0. The summed E-state index contributed by atoms with van der Waals surface area (Å²) in [5, 5.41) is 7.58. The molecular formula is C22H23N5O. The first-order valence-electron chi connectivity index (χ1n) is 9.33. The summed E-state index contributed by atoms with van der Waals surface area (Å²) in [5.41, 5.74) is 6.71. The Morgan fingerprint density at radius 1 is 1.04 bits per heavy atom. The number of hydrogen-bond donors (Lipinski definition) is 1. The second-order valence-electron chi connectivity index (χ2n) is 7.05. The molecule has 0 saturated carbocycles. The number of aryl methyl sites for hydroxylation is 2. The van der Waals surface area contributed by atoms with Gasteiger partial charge in [0.15, 0.2) is 0 Å². The smallest absolute Gasteiger partial charge is 0.224 e. The van der Waals surface area contributed by atoms with Gasteiger partial charge in [-0.3, -0.25) is 4.79 Å². The fraction of sp³-hybridized carbons (Fsp3) is 0.227. The van der Waals surface area contributed by atoms with E-state index in [0.717, 1.165) is 34.0 Å². The minimum Gasteiger partial charge on any atom is -0.350 e. The molecule has 4 aromatic rings. The van der Waals surface area contributed by atoms with Crippen LogP contribution in [-0.2, 0) is 17.8 Å². The highest BCUT2D eigenvalue weighted by atomic mass is 16.1. The van der Waals surface area contributed by atoms with Gasteiger partial charge < -0.3 is 9.72 Å². The molecule has 0 unspecified atom stereocenters. The number of carbonyl (C=O) groups excluding carboxylic acids is 1. The topological polar surface area (TPSA) is 64.2 Å². The first-order valence-corrected chi connectivity index (χ1v) is 9.33. The van der Waals surface area contributed by atoms with Gasteiger partial charge in [-0.1, -0.05) is 24.3 Å². The second kappa shape index (κ2) is 7.31. The summed E-state index contributed by atoms with van der Waals surface area (Å²) in [6.45, 7) is 6.39. The van der Waals surface area contributed by atoms with E-state index in [2.05, 4.69) is 15.4 Å². The predicted molar refractivity (Wildman–Crippen MR) is 109 cm³/mol. The van der Waals surface area contributed by atoms with Gasteiger partial charge in [0.05, 0.1) is 30.0 Å². The number of imidazole rings is 1. The number of rotatable bonds is 5. The minimum atomic E-state index is -0.0351. The Labute approximate surface area is 163 Å². The number of fused-ring (bicyclic) bond motifs is 1. The van der Waals surface area contributed by atoms with Crippen molar-refractivity contribution in [2.45, 2.75) is 33.7 Å². The van der Waals surface area contributed by atoms with Gasteiger partial charge in [0, 0.05) is 23.7 Å². The van der Waals surface area contributed by atoms with Crippen LogP contribution in [0.15, 0.2) is 54.9 Å². The zero-order chi connectivity index (χ0) is 19.7. The highest BCUT2D eigenvalue weighted by molar-refractivity contribution is 5.79. The van der Waals surface area contributed by atoms with E-state index in [-0.39, 0.29) is 5.91 Å². The molecular weight excluding hydrogens is 350 g/mol. The normalized spacial score (nSPS) is 11.1. The van der Waals surface area contributed by atoms with Crippen molar-refractivity contribution in [2.75, 3.05) is 0 Å². The lowest BCUT2D eigenvalue weighted by Gasteiger charge is -2.06. The van der Waals surface area contributed by atoms with Crippen LogP contribution in [0.4, 0.5) is 0 Å². The van der Waals surface area contributed by atoms with Crippen molar-refractivity contribution in [3.8, 4) is 5.69 Å². The molecule has 0 atom stereocenters. The summed E-state index contributed by atoms with van der Waals surface area (Å²) in [4.78, 5) is 17.1. The molecule has 3 aromatic heterocycles. The fourth-order valence-electron chi connectivity index (χ4n) is 3.40. The van der Waals surface area contributed by atoms with Gasteiger partial charge in [-0.25, -0.2) is 9.67 Å². The zero-order valence-electron chi connectivity index (χ0n) is 16.3. The molecule has 1 N–H and O–H groups in total. The number of nitrogens with one attached hydrogen (secondary N) is 1. The molecule has 0 spiro atoms. The molecule has 0 saturated heterocycles. The predicted octanol–water partition coefficient (Wildman–Crippen LogP) is 3.30. The molecule has 0 fully saturated rings. The number of hydrogen-bond acceptors (Lipinski definition) is 3. The van der Waals surface area contributed by atoms with Gasteiger partial charge in [0.25, 0.3) is 0 Å². The van der Waals surface area contributed by atoms with E-state index in [9.17, 15) is 4.79 Å². The van der Waals surface area contributed by atoms with Crippen LogP contribution in [0, 0.1) is 20.8 Å². The molecule has 6 heteroatoms. The number of amides is 1. The van der Waals surface area contributed by atoms with Crippen LogP contribution in [0.25, 0.3) is 11.3 Å². The SMILES string of the molecule is Cc1ccc2nc(CNC(=O)Cc3c(C)nn(-c4ccccc4)c3C)cn2c1. The van der Waals surface area contributed by atoms with Gasteiger partial charge in [-0.15, -0.1) is 0 Å². The van der Waals surface area contributed by atoms with Gasteiger partial charge in [-0.05, 0) is 44.5 Å². The molecule has 0 radical (unpaired) electrons. The van der Waals surface area contributed by atoms with Crippen molar-refractivity contribution < 1.29 is 4.79 Å². The van der Waals surface area contributed by atoms with Crippen LogP contribution in [0.3, 0.4) is 0 Å². The van der Waals surface area contributed by atoms with Crippen LogP contribution in [-0.4, -0.2) is 25.1 Å². The lowest BCUT2D eigenvalue weighted by molar-refractivity contribution is -0.120. The number of aromatic nitrogens is 4. The third-order valence-corrected chi connectivity index (χ3v) is 4.89. The van der Waals surface area contributed by atoms with Gasteiger partial charge >= 0.3 is 0 Å².